The van der Waals surface area contributed by atoms with Gasteiger partial charge in [-0.1, -0.05) is 30.3 Å². The van der Waals surface area contributed by atoms with Crippen molar-refractivity contribution in [1.82, 2.24) is 4.90 Å². The molecule has 1 N–H and O–H groups in total. The van der Waals surface area contributed by atoms with Gasteiger partial charge in [0.25, 0.3) is 0 Å². The van der Waals surface area contributed by atoms with Crippen molar-refractivity contribution in [1.29, 1.82) is 0 Å². The Kier molecular flexibility index (Phi) is 5.77. The molecule has 0 radical (unpaired) electrons. The highest BCUT2D eigenvalue weighted by atomic mass is 16.6. The molecule has 6 heteroatoms. The first-order valence-corrected chi connectivity index (χ1v) is 7.36. The summed E-state index contributed by atoms with van der Waals surface area (Å²) in [6.45, 7) is -0.167. The molecule has 1 aliphatic rings. The molecule has 0 saturated carbocycles. The number of methoxy groups -OCH3 is 1. The van der Waals surface area contributed by atoms with Crippen molar-refractivity contribution in [3.63, 3.8) is 0 Å². The van der Waals surface area contributed by atoms with Crippen LogP contribution in [-0.2, 0) is 14.3 Å². The van der Waals surface area contributed by atoms with E-state index in [4.69, 9.17) is 14.6 Å². The van der Waals surface area contributed by atoms with Crippen molar-refractivity contribution >= 4 is 12.1 Å². The molecule has 1 amide bonds. The fourth-order valence-electron chi connectivity index (χ4n) is 2.97. The predicted molar refractivity (Wildman–Crippen MR) is 79.1 cm³/mol. The van der Waals surface area contributed by atoms with E-state index in [1.165, 1.54) is 12.0 Å². The standard InChI is InChI=1S/C16H21NO5/c1-21-15(19)14(12-7-3-2-4-8-12)13-9-5-6-10-17(13)16(20)22-11-18/h2-4,7-8,13-14,18H,5-6,9-11H2,1H3. The Balaban J connectivity index is 2.31. The number of piperidine rings is 1. The van der Waals surface area contributed by atoms with Crippen LogP contribution in [0.3, 0.4) is 0 Å². The number of amides is 1. The third-order valence-corrected chi connectivity index (χ3v) is 3.97. The summed E-state index contributed by atoms with van der Waals surface area (Å²) in [4.78, 5) is 25.9. The molecule has 1 aromatic rings. The number of carbonyl (C=O) groups is 2. The van der Waals surface area contributed by atoms with E-state index in [1.807, 2.05) is 30.3 Å². The topological polar surface area (TPSA) is 76.1 Å². The summed E-state index contributed by atoms with van der Waals surface area (Å²) in [5.41, 5.74) is 0.808. The number of aliphatic hydroxyl groups excluding tert-OH is 1. The number of hydrogen-bond acceptors (Lipinski definition) is 5. The lowest BCUT2D eigenvalue weighted by atomic mass is 9.85. The van der Waals surface area contributed by atoms with Gasteiger partial charge in [0.05, 0.1) is 13.2 Å². The fraction of sp³-hybridized carbons (Fsp3) is 0.500. The average molecular weight is 307 g/mol. The molecule has 1 aromatic carbocycles. The maximum Gasteiger partial charge on any atom is 0.412 e. The highest BCUT2D eigenvalue weighted by Crippen LogP contribution is 2.32. The minimum Gasteiger partial charge on any atom is -0.468 e. The quantitative estimate of drug-likeness (QED) is 0.679. The number of benzene rings is 1. The molecule has 1 aliphatic heterocycles. The smallest absolute Gasteiger partial charge is 0.412 e. The zero-order valence-corrected chi connectivity index (χ0v) is 12.6. The van der Waals surface area contributed by atoms with E-state index < -0.39 is 18.8 Å². The molecule has 1 heterocycles. The van der Waals surface area contributed by atoms with Crippen LogP contribution in [0.25, 0.3) is 0 Å². The molecule has 2 atom stereocenters. The number of rotatable bonds is 4. The Bertz CT molecular complexity index is 505. The van der Waals surface area contributed by atoms with Gasteiger partial charge in [-0.2, -0.15) is 0 Å². The van der Waals surface area contributed by atoms with Gasteiger partial charge in [-0.3, -0.25) is 4.79 Å². The van der Waals surface area contributed by atoms with Gasteiger partial charge in [0.2, 0.25) is 0 Å². The van der Waals surface area contributed by atoms with E-state index in [1.54, 1.807) is 0 Å². The minimum atomic E-state index is -0.670. The Hall–Kier alpha value is -2.08. The van der Waals surface area contributed by atoms with Crippen LogP contribution in [-0.4, -0.2) is 48.6 Å². The Morgan fingerprint density at radius 1 is 1.32 bits per heavy atom. The van der Waals surface area contributed by atoms with Crippen LogP contribution in [0, 0.1) is 0 Å². The molecular formula is C16H21NO5. The van der Waals surface area contributed by atoms with E-state index in [0.717, 1.165) is 18.4 Å². The molecule has 0 aromatic heterocycles. The van der Waals surface area contributed by atoms with E-state index >= 15 is 0 Å². The van der Waals surface area contributed by atoms with Gasteiger partial charge < -0.3 is 19.5 Å². The third-order valence-electron chi connectivity index (χ3n) is 3.97. The van der Waals surface area contributed by atoms with E-state index in [2.05, 4.69) is 0 Å². The van der Waals surface area contributed by atoms with Crippen LogP contribution in [0.5, 0.6) is 0 Å². The summed E-state index contributed by atoms with van der Waals surface area (Å²) in [6.07, 6.45) is 1.86. The molecule has 1 saturated heterocycles. The molecule has 0 bridgehead atoms. The third kappa shape index (κ3) is 3.57. The summed E-state index contributed by atoms with van der Waals surface area (Å²) in [5.74, 6) is -0.933. The lowest BCUT2D eigenvalue weighted by Gasteiger charge is -2.38. The van der Waals surface area contributed by atoms with Gasteiger partial charge in [-0.25, -0.2) is 4.79 Å². The van der Waals surface area contributed by atoms with Gasteiger partial charge in [-0.15, -0.1) is 0 Å². The van der Waals surface area contributed by atoms with Crippen molar-refractivity contribution in [2.45, 2.75) is 31.2 Å². The Morgan fingerprint density at radius 2 is 2.05 bits per heavy atom. The summed E-state index contributed by atoms with van der Waals surface area (Å²) in [7, 11) is 1.34. The molecular weight excluding hydrogens is 286 g/mol. The Labute approximate surface area is 129 Å². The first-order valence-electron chi connectivity index (χ1n) is 7.36. The highest BCUT2D eigenvalue weighted by Gasteiger charge is 2.39. The van der Waals surface area contributed by atoms with Gasteiger partial charge >= 0.3 is 12.1 Å². The number of likely N-dealkylation sites (tertiary alicyclic amines) is 1. The maximum atomic E-state index is 12.3. The van der Waals surface area contributed by atoms with Crippen molar-refractivity contribution in [3.05, 3.63) is 35.9 Å². The zero-order valence-electron chi connectivity index (χ0n) is 12.6. The lowest BCUT2D eigenvalue weighted by Crippen LogP contribution is -2.49. The number of carbonyl (C=O) groups excluding carboxylic acids is 2. The molecule has 1 fully saturated rings. The number of hydrogen-bond donors (Lipinski definition) is 1. The van der Waals surface area contributed by atoms with Gasteiger partial charge in [0.15, 0.2) is 6.79 Å². The second kappa shape index (κ2) is 7.79. The fourth-order valence-corrected chi connectivity index (χ4v) is 2.97. The second-order valence-corrected chi connectivity index (χ2v) is 5.21. The van der Waals surface area contributed by atoms with Crippen molar-refractivity contribution < 1.29 is 24.2 Å². The summed E-state index contributed by atoms with van der Waals surface area (Å²) in [6, 6.07) is 8.95. The van der Waals surface area contributed by atoms with Crippen LogP contribution >= 0.6 is 0 Å². The van der Waals surface area contributed by atoms with E-state index in [9.17, 15) is 9.59 Å². The molecule has 2 rings (SSSR count). The van der Waals surface area contributed by atoms with Crippen LogP contribution in [0.4, 0.5) is 4.79 Å². The van der Waals surface area contributed by atoms with Gasteiger partial charge in [0, 0.05) is 6.54 Å². The molecule has 22 heavy (non-hydrogen) atoms. The number of nitrogens with zero attached hydrogens (tertiary/aromatic N) is 1. The summed E-state index contributed by atoms with van der Waals surface area (Å²) in [5, 5.41) is 8.80. The van der Waals surface area contributed by atoms with E-state index in [-0.39, 0.29) is 12.0 Å². The Morgan fingerprint density at radius 3 is 2.68 bits per heavy atom. The van der Waals surface area contributed by atoms with Crippen LogP contribution < -0.4 is 0 Å². The van der Waals surface area contributed by atoms with E-state index in [0.29, 0.717) is 13.0 Å². The molecule has 0 spiro atoms. The average Bonchev–Trinajstić information content (AvgIpc) is 2.56. The largest absolute Gasteiger partial charge is 0.468 e. The molecule has 2 unspecified atom stereocenters. The monoisotopic (exact) mass is 307 g/mol. The molecule has 120 valence electrons. The number of aliphatic hydroxyl groups is 1. The second-order valence-electron chi connectivity index (χ2n) is 5.21. The summed E-state index contributed by atoms with van der Waals surface area (Å²) < 4.78 is 9.64. The van der Waals surface area contributed by atoms with Crippen LogP contribution in [0.15, 0.2) is 30.3 Å². The lowest BCUT2D eigenvalue weighted by molar-refractivity contribution is -0.144. The summed E-state index contributed by atoms with van der Waals surface area (Å²) >= 11 is 0. The van der Waals surface area contributed by atoms with Crippen LogP contribution in [0.2, 0.25) is 0 Å². The normalized spacial score (nSPS) is 19.4. The van der Waals surface area contributed by atoms with Crippen LogP contribution in [0.1, 0.15) is 30.7 Å². The maximum absolute atomic E-state index is 12.3. The minimum absolute atomic E-state index is 0.331. The SMILES string of the molecule is COC(=O)C(c1ccccc1)C1CCCCN1C(=O)OCO. The first-order chi connectivity index (χ1) is 10.7. The predicted octanol–water partition coefficient (Wildman–Crippen LogP) is 1.88. The van der Waals surface area contributed by atoms with Gasteiger partial charge in [-0.05, 0) is 24.8 Å². The van der Waals surface area contributed by atoms with Gasteiger partial charge in [0.1, 0.15) is 5.92 Å². The molecule has 0 aliphatic carbocycles. The zero-order chi connectivity index (χ0) is 15.9. The van der Waals surface area contributed by atoms with Crippen molar-refractivity contribution in [2.24, 2.45) is 0 Å². The highest BCUT2D eigenvalue weighted by molar-refractivity contribution is 5.80. The number of esters is 1. The molecule has 6 nitrogen and oxygen atoms in total. The number of ether oxygens (including phenoxy) is 2. The van der Waals surface area contributed by atoms with Crippen molar-refractivity contribution in [3.8, 4) is 0 Å². The first kappa shape index (κ1) is 16.3. The van der Waals surface area contributed by atoms with Crippen molar-refractivity contribution in [2.75, 3.05) is 20.4 Å².